The molecule has 1 aromatic carbocycles. The molecule has 1 aliphatic rings. The minimum atomic E-state index is -0.564. The molecular formula is C27H32ClFN4O3. The maximum Gasteiger partial charge on any atom is 0.224 e. The van der Waals surface area contributed by atoms with Crippen LogP contribution in [0.15, 0.2) is 35.3 Å². The molecule has 0 bridgehead atoms. The lowest BCUT2D eigenvalue weighted by Gasteiger charge is -2.26. The molecule has 2 N–H and O–H groups in total. The lowest BCUT2D eigenvalue weighted by molar-refractivity contribution is -0.120. The van der Waals surface area contributed by atoms with E-state index in [9.17, 15) is 14.0 Å². The standard InChI is InChI=1S/C27H32ClFN4O3/c1-17(2)31-24(34)14-20-26(18-7-8-22(29)21(28)13-18)32-23-16-30-25(15-19(23)27(20)35)36-12-6-11-33-9-4-3-5-10-33/h7-8,13,15-17H,3-6,9-12,14H2,1-2H3,(H,31,34)(H,32,35). The molecule has 0 spiro atoms. The van der Waals surface area contributed by atoms with Crippen LogP contribution in [0, 0.1) is 5.82 Å². The summed E-state index contributed by atoms with van der Waals surface area (Å²) in [6.45, 7) is 7.46. The minimum Gasteiger partial charge on any atom is -0.478 e. The number of rotatable bonds is 9. The number of benzene rings is 1. The average Bonchev–Trinajstić information content (AvgIpc) is 2.85. The predicted molar refractivity (Wildman–Crippen MR) is 140 cm³/mol. The Bertz CT molecular complexity index is 1290. The van der Waals surface area contributed by atoms with Gasteiger partial charge in [0.1, 0.15) is 5.82 Å². The van der Waals surface area contributed by atoms with Crippen molar-refractivity contribution in [3.8, 4) is 17.1 Å². The summed E-state index contributed by atoms with van der Waals surface area (Å²) in [5.74, 6) is -0.485. The van der Waals surface area contributed by atoms with Crippen LogP contribution in [0.1, 0.15) is 45.1 Å². The van der Waals surface area contributed by atoms with Crippen molar-refractivity contribution in [2.24, 2.45) is 0 Å². The van der Waals surface area contributed by atoms with Gasteiger partial charge in [0.05, 0.1) is 40.8 Å². The maximum atomic E-state index is 13.8. The average molecular weight is 515 g/mol. The zero-order valence-electron chi connectivity index (χ0n) is 20.7. The first-order chi connectivity index (χ1) is 17.3. The molecule has 1 saturated heterocycles. The lowest BCUT2D eigenvalue weighted by Crippen LogP contribution is -2.33. The molecule has 3 aromatic rings. The number of carbonyl (C=O) groups excluding carboxylic acids is 1. The van der Waals surface area contributed by atoms with Crippen molar-refractivity contribution in [3.63, 3.8) is 0 Å². The third-order valence-corrected chi connectivity index (χ3v) is 6.56. The highest BCUT2D eigenvalue weighted by Crippen LogP contribution is 2.27. The van der Waals surface area contributed by atoms with Gasteiger partial charge in [-0.1, -0.05) is 18.0 Å². The molecule has 1 amide bonds. The monoisotopic (exact) mass is 514 g/mol. The summed E-state index contributed by atoms with van der Waals surface area (Å²) in [4.78, 5) is 36.2. The Labute approximate surface area is 215 Å². The Kier molecular flexibility index (Phi) is 8.59. The summed E-state index contributed by atoms with van der Waals surface area (Å²) >= 11 is 6.00. The van der Waals surface area contributed by atoms with Gasteiger partial charge in [-0.25, -0.2) is 9.37 Å². The number of hydrogen-bond donors (Lipinski definition) is 2. The van der Waals surface area contributed by atoms with Crippen molar-refractivity contribution in [3.05, 3.63) is 57.1 Å². The van der Waals surface area contributed by atoms with Crippen molar-refractivity contribution >= 4 is 28.4 Å². The van der Waals surface area contributed by atoms with Crippen LogP contribution in [0.5, 0.6) is 5.88 Å². The molecule has 192 valence electrons. The SMILES string of the molecule is CC(C)NC(=O)Cc1c(-c2ccc(F)c(Cl)c2)[nH]c2cnc(OCCCN3CCCCC3)cc2c1=O. The van der Waals surface area contributed by atoms with Crippen LogP contribution in [-0.2, 0) is 11.2 Å². The van der Waals surface area contributed by atoms with Crippen molar-refractivity contribution < 1.29 is 13.9 Å². The summed E-state index contributed by atoms with van der Waals surface area (Å²) in [5.41, 5.74) is 1.37. The molecule has 1 fully saturated rings. The molecule has 4 rings (SSSR count). The molecule has 0 unspecified atom stereocenters. The third kappa shape index (κ3) is 6.42. The van der Waals surface area contributed by atoms with Crippen LogP contribution in [0.2, 0.25) is 5.02 Å². The van der Waals surface area contributed by atoms with E-state index in [1.54, 1.807) is 12.3 Å². The van der Waals surface area contributed by atoms with E-state index in [4.69, 9.17) is 16.3 Å². The second-order valence-corrected chi connectivity index (χ2v) is 9.92. The number of ether oxygens (including phenoxy) is 1. The molecule has 0 aliphatic carbocycles. The number of nitrogens with zero attached hydrogens (tertiary/aromatic N) is 2. The number of halogens is 2. The van der Waals surface area contributed by atoms with E-state index < -0.39 is 5.82 Å². The summed E-state index contributed by atoms with van der Waals surface area (Å²) < 4.78 is 19.6. The van der Waals surface area contributed by atoms with Crippen LogP contribution in [0.25, 0.3) is 22.2 Å². The van der Waals surface area contributed by atoms with Crippen molar-refractivity contribution in [2.45, 2.75) is 52.0 Å². The zero-order valence-corrected chi connectivity index (χ0v) is 21.5. The quantitative estimate of drug-likeness (QED) is 0.404. The van der Waals surface area contributed by atoms with Gasteiger partial charge in [0.15, 0.2) is 5.43 Å². The highest BCUT2D eigenvalue weighted by atomic mass is 35.5. The van der Waals surface area contributed by atoms with Crippen LogP contribution >= 0.6 is 11.6 Å². The van der Waals surface area contributed by atoms with Gasteiger partial charge < -0.3 is 19.9 Å². The molecule has 2 aromatic heterocycles. The number of pyridine rings is 2. The molecule has 0 saturated carbocycles. The van der Waals surface area contributed by atoms with E-state index in [1.807, 2.05) is 13.8 Å². The van der Waals surface area contributed by atoms with E-state index in [2.05, 4.69) is 20.2 Å². The van der Waals surface area contributed by atoms with Crippen LogP contribution in [-0.4, -0.2) is 53.1 Å². The van der Waals surface area contributed by atoms with Crippen LogP contribution in [0.3, 0.4) is 0 Å². The van der Waals surface area contributed by atoms with E-state index in [1.165, 1.54) is 37.5 Å². The minimum absolute atomic E-state index is 0.0718. The van der Waals surface area contributed by atoms with Gasteiger partial charge in [-0.3, -0.25) is 9.59 Å². The Hall–Kier alpha value is -2.97. The number of H-pyrrole nitrogens is 1. The number of aromatic amines is 1. The summed E-state index contributed by atoms with van der Waals surface area (Å²) in [5, 5.41) is 3.12. The Morgan fingerprint density at radius 3 is 2.75 bits per heavy atom. The first-order valence-corrected chi connectivity index (χ1v) is 12.8. The second kappa shape index (κ2) is 11.8. The number of piperidine rings is 1. The smallest absolute Gasteiger partial charge is 0.224 e. The Morgan fingerprint density at radius 2 is 2.03 bits per heavy atom. The zero-order chi connectivity index (χ0) is 25.7. The summed E-state index contributed by atoms with van der Waals surface area (Å²) in [7, 11) is 0. The summed E-state index contributed by atoms with van der Waals surface area (Å²) in [6, 6.07) is 5.73. The fourth-order valence-corrected chi connectivity index (χ4v) is 4.72. The molecule has 0 radical (unpaired) electrons. The van der Waals surface area contributed by atoms with Crippen molar-refractivity contribution in [2.75, 3.05) is 26.2 Å². The number of hydrogen-bond acceptors (Lipinski definition) is 5. The first-order valence-electron chi connectivity index (χ1n) is 12.5. The van der Waals surface area contributed by atoms with Gasteiger partial charge in [0.25, 0.3) is 0 Å². The highest BCUT2D eigenvalue weighted by molar-refractivity contribution is 6.31. The maximum absolute atomic E-state index is 13.8. The van der Waals surface area contributed by atoms with E-state index in [0.29, 0.717) is 34.6 Å². The number of nitrogens with one attached hydrogen (secondary N) is 2. The Morgan fingerprint density at radius 1 is 1.25 bits per heavy atom. The number of likely N-dealkylation sites (tertiary alicyclic amines) is 1. The van der Waals surface area contributed by atoms with E-state index in [-0.39, 0.29) is 34.4 Å². The van der Waals surface area contributed by atoms with E-state index >= 15 is 0 Å². The van der Waals surface area contributed by atoms with Gasteiger partial charge in [0.2, 0.25) is 11.8 Å². The molecule has 36 heavy (non-hydrogen) atoms. The van der Waals surface area contributed by atoms with Gasteiger partial charge in [0, 0.05) is 29.8 Å². The number of carbonyl (C=O) groups is 1. The van der Waals surface area contributed by atoms with Gasteiger partial charge >= 0.3 is 0 Å². The topological polar surface area (TPSA) is 87.3 Å². The Balaban J connectivity index is 1.62. The number of aromatic nitrogens is 2. The molecular weight excluding hydrogens is 483 g/mol. The fourth-order valence-electron chi connectivity index (χ4n) is 4.54. The van der Waals surface area contributed by atoms with E-state index in [0.717, 1.165) is 26.1 Å². The largest absolute Gasteiger partial charge is 0.478 e. The predicted octanol–water partition coefficient (Wildman–Crippen LogP) is 4.70. The first kappa shape index (κ1) is 26.1. The third-order valence-electron chi connectivity index (χ3n) is 6.27. The van der Waals surface area contributed by atoms with Crippen molar-refractivity contribution in [1.82, 2.24) is 20.2 Å². The molecule has 0 atom stereocenters. The number of amides is 1. The molecule has 1 aliphatic heterocycles. The molecule has 9 heteroatoms. The highest BCUT2D eigenvalue weighted by Gasteiger charge is 2.19. The summed E-state index contributed by atoms with van der Waals surface area (Å²) in [6.07, 6.45) is 6.09. The van der Waals surface area contributed by atoms with Gasteiger partial charge in [-0.05, 0) is 64.4 Å². The molecule has 7 nitrogen and oxygen atoms in total. The second-order valence-electron chi connectivity index (χ2n) is 9.51. The number of fused-ring (bicyclic) bond motifs is 1. The van der Waals surface area contributed by atoms with Crippen molar-refractivity contribution in [1.29, 1.82) is 0 Å². The fraction of sp³-hybridized carbons (Fsp3) is 0.444. The van der Waals surface area contributed by atoms with Gasteiger partial charge in [-0.15, -0.1) is 0 Å². The normalized spacial score (nSPS) is 14.4. The lowest BCUT2D eigenvalue weighted by atomic mass is 10.00. The van der Waals surface area contributed by atoms with Crippen LogP contribution < -0.4 is 15.5 Å². The van der Waals surface area contributed by atoms with Crippen LogP contribution in [0.4, 0.5) is 4.39 Å². The van der Waals surface area contributed by atoms with Gasteiger partial charge in [-0.2, -0.15) is 0 Å². The molecule has 3 heterocycles.